The van der Waals surface area contributed by atoms with Crippen LogP contribution in [-0.4, -0.2) is 35.2 Å². The molecule has 0 aromatic heterocycles. The van der Waals surface area contributed by atoms with Gasteiger partial charge < -0.3 is 0 Å². The summed E-state index contributed by atoms with van der Waals surface area (Å²) < 4.78 is 35.2. The van der Waals surface area contributed by atoms with Crippen LogP contribution in [-0.2, 0) is 9.63 Å². The second-order valence-electron chi connectivity index (χ2n) is 3.51. The van der Waals surface area contributed by atoms with Gasteiger partial charge in [-0.2, -0.15) is 13.2 Å². The number of alkyl halides is 4. The van der Waals surface area contributed by atoms with Crippen molar-refractivity contribution in [2.45, 2.75) is 29.9 Å². The lowest BCUT2D eigenvalue weighted by molar-refractivity contribution is -0.173. The minimum Gasteiger partial charge on any atom is -0.275 e. The van der Waals surface area contributed by atoms with E-state index in [-0.39, 0.29) is 18.7 Å². The molecule has 0 aliphatic carbocycles. The van der Waals surface area contributed by atoms with Crippen LogP contribution < -0.4 is 0 Å². The van der Waals surface area contributed by atoms with E-state index in [1.165, 1.54) is 36.7 Å². The van der Waals surface area contributed by atoms with Crippen molar-refractivity contribution in [1.29, 1.82) is 0 Å². The fraction of sp³-hybridized carbons (Fsp3) is 0.889. The molecule has 0 aromatic rings. The Kier molecular flexibility index (Phi) is 6.61. The Labute approximate surface area is 106 Å². The Morgan fingerprint density at radius 2 is 1.94 bits per heavy atom. The van der Waals surface area contributed by atoms with Crippen LogP contribution in [0, 0.1) is 5.92 Å². The predicted octanol–water partition coefficient (Wildman–Crippen LogP) is 2.79. The molecule has 0 bridgehead atoms. The Morgan fingerprint density at radius 3 is 2.31 bits per heavy atom. The zero-order chi connectivity index (χ0) is 12.9. The fourth-order valence-corrected chi connectivity index (χ4v) is 1.44. The van der Waals surface area contributed by atoms with Gasteiger partial charge in [-0.05, 0) is 12.8 Å². The predicted molar refractivity (Wildman–Crippen MR) is 62.0 cm³/mol. The molecular weight excluding hydrogens is 338 g/mol. The molecule has 1 unspecified atom stereocenters. The van der Waals surface area contributed by atoms with Gasteiger partial charge in [0.1, 0.15) is 3.92 Å². The fourth-order valence-electron chi connectivity index (χ4n) is 1.08. The average molecular weight is 353 g/mol. The van der Waals surface area contributed by atoms with Gasteiger partial charge in [-0.15, -0.1) is 0 Å². The summed E-state index contributed by atoms with van der Waals surface area (Å²) in [5, 5.41) is 1.03. The molecule has 7 heteroatoms. The van der Waals surface area contributed by atoms with Crippen LogP contribution in [0.2, 0.25) is 0 Å². The highest BCUT2D eigenvalue weighted by atomic mass is 127. The quantitative estimate of drug-likeness (QED) is 0.432. The van der Waals surface area contributed by atoms with Gasteiger partial charge in [-0.1, -0.05) is 29.5 Å². The number of halogens is 4. The minimum atomic E-state index is -4.20. The average Bonchev–Trinajstić information content (AvgIpc) is 2.21. The summed E-state index contributed by atoms with van der Waals surface area (Å²) in [6.45, 7) is 1.59. The van der Waals surface area contributed by atoms with Gasteiger partial charge in [0.05, 0.1) is 7.11 Å². The molecule has 1 amide bonds. The molecule has 0 saturated carbocycles. The molecule has 0 heterocycles. The van der Waals surface area contributed by atoms with Crippen molar-refractivity contribution >= 4 is 28.5 Å². The first kappa shape index (κ1) is 16.0. The lowest BCUT2D eigenvalue weighted by Crippen LogP contribution is -2.32. The maximum atomic E-state index is 12.2. The molecule has 2 atom stereocenters. The second-order valence-corrected chi connectivity index (χ2v) is 5.01. The SMILES string of the molecule is CON(C)C(=O)[C@@H](C)CCC(I)C(F)(F)F. The van der Waals surface area contributed by atoms with E-state index >= 15 is 0 Å². The summed E-state index contributed by atoms with van der Waals surface area (Å²) in [4.78, 5) is 16.1. The molecule has 0 radical (unpaired) electrons. The van der Waals surface area contributed by atoms with Crippen LogP contribution in [0.25, 0.3) is 0 Å². The van der Waals surface area contributed by atoms with E-state index in [4.69, 9.17) is 0 Å². The Hall–Kier alpha value is -0.0500. The molecule has 0 spiro atoms. The van der Waals surface area contributed by atoms with E-state index < -0.39 is 16.0 Å². The number of carbonyl (C=O) groups is 1. The number of carbonyl (C=O) groups excluding carboxylic acids is 1. The van der Waals surface area contributed by atoms with Gasteiger partial charge in [0.25, 0.3) is 0 Å². The Balaban J connectivity index is 4.08. The lowest BCUT2D eigenvalue weighted by Gasteiger charge is -2.20. The van der Waals surface area contributed by atoms with Crippen molar-refractivity contribution in [2.75, 3.05) is 14.2 Å². The monoisotopic (exact) mass is 353 g/mol. The third-order valence-electron chi connectivity index (χ3n) is 2.21. The molecular formula is C9H15F3INO2. The third kappa shape index (κ3) is 5.33. The molecule has 3 nitrogen and oxygen atoms in total. The van der Waals surface area contributed by atoms with Crippen molar-refractivity contribution in [2.24, 2.45) is 5.92 Å². The number of hydroxylamine groups is 2. The summed E-state index contributed by atoms with van der Waals surface area (Å²) in [6, 6.07) is 0. The zero-order valence-electron chi connectivity index (χ0n) is 9.34. The molecule has 96 valence electrons. The molecule has 0 aliphatic heterocycles. The molecule has 0 rings (SSSR count). The first-order chi connectivity index (χ1) is 7.20. The van der Waals surface area contributed by atoms with Crippen LogP contribution in [0.5, 0.6) is 0 Å². The first-order valence-corrected chi connectivity index (χ1v) is 5.97. The highest BCUT2D eigenvalue weighted by molar-refractivity contribution is 14.1. The molecule has 0 aliphatic rings. The van der Waals surface area contributed by atoms with E-state index in [1.807, 2.05) is 0 Å². The largest absolute Gasteiger partial charge is 0.400 e. The summed E-state index contributed by atoms with van der Waals surface area (Å²) in [6.07, 6.45) is -4.06. The van der Waals surface area contributed by atoms with E-state index in [2.05, 4.69) is 4.84 Å². The maximum Gasteiger partial charge on any atom is 0.400 e. The number of hydrogen-bond donors (Lipinski definition) is 0. The van der Waals surface area contributed by atoms with Gasteiger partial charge in [-0.25, -0.2) is 5.06 Å². The smallest absolute Gasteiger partial charge is 0.275 e. The van der Waals surface area contributed by atoms with Crippen molar-refractivity contribution in [3.63, 3.8) is 0 Å². The van der Waals surface area contributed by atoms with Gasteiger partial charge in [0, 0.05) is 13.0 Å². The number of amides is 1. The van der Waals surface area contributed by atoms with Crippen LogP contribution in [0.3, 0.4) is 0 Å². The molecule has 0 aromatic carbocycles. The van der Waals surface area contributed by atoms with Gasteiger partial charge in [0.2, 0.25) is 5.91 Å². The minimum absolute atomic E-state index is 0.0610. The van der Waals surface area contributed by atoms with E-state index in [0.717, 1.165) is 5.06 Å². The van der Waals surface area contributed by atoms with Crippen LogP contribution in [0.4, 0.5) is 13.2 Å². The van der Waals surface area contributed by atoms with E-state index in [0.29, 0.717) is 0 Å². The second kappa shape index (κ2) is 6.63. The normalized spacial score (nSPS) is 15.7. The highest BCUT2D eigenvalue weighted by Crippen LogP contribution is 2.31. The van der Waals surface area contributed by atoms with E-state index in [1.54, 1.807) is 6.92 Å². The summed E-state index contributed by atoms with van der Waals surface area (Å²) >= 11 is 1.35. The molecule has 0 N–H and O–H groups in total. The summed E-state index contributed by atoms with van der Waals surface area (Å²) in [5.41, 5.74) is 0. The molecule has 0 fully saturated rings. The van der Waals surface area contributed by atoms with Crippen LogP contribution in [0.1, 0.15) is 19.8 Å². The van der Waals surface area contributed by atoms with Gasteiger partial charge in [-0.3, -0.25) is 9.63 Å². The van der Waals surface area contributed by atoms with Crippen molar-refractivity contribution in [3.05, 3.63) is 0 Å². The van der Waals surface area contributed by atoms with Gasteiger partial charge >= 0.3 is 6.18 Å². The van der Waals surface area contributed by atoms with Crippen molar-refractivity contribution in [3.8, 4) is 0 Å². The first-order valence-electron chi connectivity index (χ1n) is 4.72. The third-order valence-corrected chi connectivity index (χ3v) is 3.54. The summed E-state index contributed by atoms with van der Waals surface area (Å²) in [5.74, 6) is -0.780. The summed E-state index contributed by atoms with van der Waals surface area (Å²) in [7, 11) is 2.77. The standard InChI is InChI=1S/C9H15F3INO2/c1-6(8(15)14(2)16-3)4-5-7(13)9(10,11)12/h6-7H,4-5H2,1-3H3/t6-,7?/m0/s1. The Morgan fingerprint density at radius 1 is 1.44 bits per heavy atom. The lowest BCUT2D eigenvalue weighted by atomic mass is 10.0. The Bertz CT molecular complexity index is 235. The molecule has 0 saturated heterocycles. The van der Waals surface area contributed by atoms with Crippen molar-refractivity contribution < 1.29 is 22.8 Å². The molecule has 16 heavy (non-hydrogen) atoms. The number of nitrogens with zero attached hydrogens (tertiary/aromatic N) is 1. The zero-order valence-corrected chi connectivity index (χ0v) is 11.5. The number of rotatable bonds is 5. The van der Waals surface area contributed by atoms with Gasteiger partial charge in [0.15, 0.2) is 0 Å². The van der Waals surface area contributed by atoms with E-state index in [9.17, 15) is 18.0 Å². The van der Waals surface area contributed by atoms with Crippen LogP contribution >= 0.6 is 22.6 Å². The highest BCUT2D eigenvalue weighted by Gasteiger charge is 2.37. The maximum absolute atomic E-state index is 12.2. The van der Waals surface area contributed by atoms with Crippen molar-refractivity contribution in [1.82, 2.24) is 5.06 Å². The number of hydrogen-bond acceptors (Lipinski definition) is 2. The van der Waals surface area contributed by atoms with Crippen LogP contribution in [0.15, 0.2) is 0 Å². The topological polar surface area (TPSA) is 29.5 Å².